The Kier molecular flexibility index (Phi) is 7.61. The van der Waals surface area contributed by atoms with Gasteiger partial charge in [0, 0.05) is 24.6 Å². The number of ketones is 1. The van der Waals surface area contributed by atoms with Crippen molar-refractivity contribution in [3.63, 3.8) is 0 Å². The van der Waals surface area contributed by atoms with Crippen LogP contribution in [0.15, 0.2) is 12.3 Å². The Morgan fingerprint density at radius 1 is 1.17 bits per heavy atom. The quantitative estimate of drug-likeness (QED) is 0.391. The molecular formula is C24H39N3O2. The number of hydrogen-bond acceptors (Lipinski definition) is 4. The molecule has 0 saturated carbocycles. The lowest BCUT2D eigenvalue weighted by Crippen LogP contribution is -2.23. The molecule has 0 aliphatic carbocycles. The van der Waals surface area contributed by atoms with Gasteiger partial charge in [0.1, 0.15) is 11.2 Å². The highest BCUT2D eigenvalue weighted by Gasteiger charge is 2.21. The van der Waals surface area contributed by atoms with E-state index >= 15 is 0 Å². The number of fused-ring (bicyclic) bond motifs is 1. The topological polar surface area (TPSA) is 57.0 Å². The summed E-state index contributed by atoms with van der Waals surface area (Å²) in [6.07, 6.45) is 6.26. The summed E-state index contributed by atoms with van der Waals surface area (Å²) in [5.74, 6) is 0.636. The van der Waals surface area contributed by atoms with Gasteiger partial charge in [0.2, 0.25) is 0 Å². The van der Waals surface area contributed by atoms with E-state index in [9.17, 15) is 4.79 Å². The number of aryl methyl sites for hydroxylation is 1. The normalized spacial score (nSPS) is 13.8. The molecule has 0 N–H and O–H groups in total. The number of carbonyl (C=O) groups is 1. The van der Waals surface area contributed by atoms with E-state index in [-0.39, 0.29) is 16.8 Å². The molecule has 2 rings (SSSR count). The van der Waals surface area contributed by atoms with Crippen LogP contribution in [0.3, 0.4) is 0 Å². The van der Waals surface area contributed by atoms with E-state index in [0.717, 1.165) is 43.5 Å². The van der Waals surface area contributed by atoms with Crippen LogP contribution in [0.2, 0.25) is 0 Å². The fourth-order valence-corrected chi connectivity index (χ4v) is 3.55. The maximum atomic E-state index is 12.6. The minimum atomic E-state index is -0.0928. The average Bonchev–Trinajstić information content (AvgIpc) is 2.96. The van der Waals surface area contributed by atoms with Crippen LogP contribution in [0, 0.1) is 5.92 Å². The van der Waals surface area contributed by atoms with Crippen molar-refractivity contribution < 1.29 is 9.53 Å². The molecule has 0 bridgehead atoms. The Morgan fingerprint density at radius 2 is 1.86 bits per heavy atom. The van der Waals surface area contributed by atoms with Gasteiger partial charge >= 0.3 is 0 Å². The van der Waals surface area contributed by atoms with Crippen molar-refractivity contribution in [2.24, 2.45) is 13.0 Å². The smallest absolute Gasteiger partial charge is 0.182 e. The van der Waals surface area contributed by atoms with Crippen LogP contribution < -0.4 is 0 Å². The summed E-state index contributed by atoms with van der Waals surface area (Å²) >= 11 is 0. The number of unbranched alkanes of at least 4 members (excludes halogenated alkanes) is 1. The maximum absolute atomic E-state index is 12.6. The summed E-state index contributed by atoms with van der Waals surface area (Å²) in [6.45, 7) is 15.8. The molecule has 1 atom stereocenters. The van der Waals surface area contributed by atoms with Crippen molar-refractivity contribution in [3.05, 3.63) is 23.7 Å². The Balaban J connectivity index is 1.92. The Labute approximate surface area is 176 Å². The predicted molar refractivity (Wildman–Crippen MR) is 119 cm³/mol. The molecule has 0 saturated heterocycles. The Hall–Kier alpha value is -1.75. The van der Waals surface area contributed by atoms with Gasteiger partial charge in [-0.25, -0.2) is 4.98 Å². The molecule has 2 aromatic heterocycles. The zero-order valence-corrected chi connectivity index (χ0v) is 19.6. The zero-order chi connectivity index (χ0) is 21.8. The van der Waals surface area contributed by atoms with Gasteiger partial charge in [-0.1, -0.05) is 40.5 Å². The van der Waals surface area contributed by atoms with E-state index in [2.05, 4.69) is 69.1 Å². The van der Waals surface area contributed by atoms with E-state index < -0.39 is 0 Å². The summed E-state index contributed by atoms with van der Waals surface area (Å²) in [6, 6.07) is 2.07. The lowest BCUT2D eigenvalue weighted by molar-refractivity contribution is -0.0243. The molecule has 0 fully saturated rings. The van der Waals surface area contributed by atoms with Gasteiger partial charge in [-0.3, -0.25) is 9.78 Å². The van der Waals surface area contributed by atoms with Crippen molar-refractivity contribution in [2.75, 3.05) is 6.61 Å². The summed E-state index contributed by atoms with van der Waals surface area (Å²) in [5, 5.41) is 0. The summed E-state index contributed by atoms with van der Waals surface area (Å²) < 4.78 is 7.98. The van der Waals surface area contributed by atoms with Crippen LogP contribution in [0.1, 0.15) is 96.8 Å². The molecule has 1 unspecified atom stereocenters. The fourth-order valence-electron chi connectivity index (χ4n) is 3.55. The molecule has 2 aromatic rings. The van der Waals surface area contributed by atoms with E-state index in [1.54, 1.807) is 6.20 Å². The molecule has 29 heavy (non-hydrogen) atoms. The Morgan fingerprint density at radius 3 is 2.45 bits per heavy atom. The van der Waals surface area contributed by atoms with Gasteiger partial charge in [-0.2, -0.15) is 0 Å². The minimum absolute atomic E-state index is 0.00776. The number of aromatic nitrogens is 3. The van der Waals surface area contributed by atoms with Gasteiger partial charge in [0.05, 0.1) is 18.4 Å². The third kappa shape index (κ3) is 6.63. The van der Waals surface area contributed by atoms with Crippen molar-refractivity contribution in [3.8, 4) is 0 Å². The van der Waals surface area contributed by atoms with Crippen molar-refractivity contribution in [1.82, 2.24) is 14.5 Å². The van der Waals surface area contributed by atoms with E-state index in [4.69, 9.17) is 4.74 Å². The number of nitrogens with zero attached hydrogens (tertiary/aromatic N) is 3. The molecule has 0 aliphatic rings. The van der Waals surface area contributed by atoms with Crippen LogP contribution >= 0.6 is 0 Å². The summed E-state index contributed by atoms with van der Waals surface area (Å²) in [4.78, 5) is 21.8. The van der Waals surface area contributed by atoms with Crippen LogP contribution in [-0.4, -0.2) is 32.5 Å². The number of rotatable bonds is 9. The van der Waals surface area contributed by atoms with E-state index in [1.165, 1.54) is 5.69 Å². The summed E-state index contributed by atoms with van der Waals surface area (Å²) in [7, 11) is 2.00. The molecule has 0 spiro atoms. The van der Waals surface area contributed by atoms with Crippen LogP contribution in [0.25, 0.3) is 11.2 Å². The molecule has 0 amide bonds. The molecule has 2 heterocycles. The molecule has 5 heteroatoms. The number of ether oxygens (including phenoxy) is 1. The van der Waals surface area contributed by atoms with Gasteiger partial charge in [-0.15, -0.1) is 0 Å². The second-order valence-corrected chi connectivity index (χ2v) is 10.2. The lowest BCUT2D eigenvalue weighted by Gasteiger charge is -2.23. The van der Waals surface area contributed by atoms with Gasteiger partial charge in [0.15, 0.2) is 11.4 Å². The van der Waals surface area contributed by atoms with Crippen LogP contribution in [-0.2, 0) is 17.2 Å². The van der Waals surface area contributed by atoms with Crippen LogP contribution in [0.4, 0.5) is 0 Å². The molecule has 0 aliphatic heterocycles. The molecular weight excluding hydrogens is 362 g/mol. The third-order valence-corrected chi connectivity index (χ3v) is 5.38. The van der Waals surface area contributed by atoms with E-state index in [1.807, 2.05) is 7.05 Å². The average molecular weight is 402 g/mol. The van der Waals surface area contributed by atoms with E-state index in [0.29, 0.717) is 18.0 Å². The molecule has 0 radical (unpaired) electrons. The SMILES string of the molecule is CCC(CCCCC(=O)c1cnc2cc(C(C)(C)C)n(C)c2n1)COC(C)(C)C. The first kappa shape index (κ1) is 23.5. The predicted octanol–water partition coefficient (Wildman–Crippen LogP) is 5.85. The highest BCUT2D eigenvalue weighted by atomic mass is 16.5. The maximum Gasteiger partial charge on any atom is 0.182 e. The lowest BCUT2D eigenvalue weighted by atomic mass is 9.92. The molecule has 0 aromatic carbocycles. The first-order chi connectivity index (χ1) is 13.4. The van der Waals surface area contributed by atoms with Gasteiger partial charge in [0.25, 0.3) is 0 Å². The minimum Gasteiger partial charge on any atom is -0.376 e. The Bertz CT molecular complexity index is 825. The van der Waals surface area contributed by atoms with Crippen LogP contribution in [0.5, 0.6) is 0 Å². The number of carbonyl (C=O) groups excluding carboxylic acids is 1. The first-order valence-corrected chi connectivity index (χ1v) is 10.9. The standard InChI is InChI=1S/C24H39N3O2/c1-9-17(16-29-24(5,6)7)12-10-11-13-20(28)19-15-25-18-14-21(23(2,3)4)27(8)22(18)26-19/h14-15,17H,9-13,16H2,1-8H3. The van der Waals surface area contributed by atoms with Crippen molar-refractivity contribution >= 4 is 16.9 Å². The fraction of sp³-hybridized carbons (Fsp3) is 0.708. The molecule has 162 valence electrons. The summed E-state index contributed by atoms with van der Waals surface area (Å²) in [5.41, 5.74) is 3.19. The van der Waals surface area contributed by atoms with Crippen molar-refractivity contribution in [1.29, 1.82) is 0 Å². The van der Waals surface area contributed by atoms with Crippen molar-refractivity contribution in [2.45, 2.75) is 91.6 Å². The first-order valence-electron chi connectivity index (χ1n) is 10.9. The monoisotopic (exact) mass is 401 g/mol. The third-order valence-electron chi connectivity index (χ3n) is 5.38. The second kappa shape index (κ2) is 9.38. The number of hydrogen-bond donors (Lipinski definition) is 0. The highest BCUT2D eigenvalue weighted by molar-refractivity contribution is 5.95. The molecule has 5 nitrogen and oxygen atoms in total. The van der Waals surface area contributed by atoms with Gasteiger partial charge in [-0.05, 0) is 45.6 Å². The highest BCUT2D eigenvalue weighted by Crippen LogP contribution is 2.27. The largest absolute Gasteiger partial charge is 0.376 e. The second-order valence-electron chi connectivity index (χ2n) is 10.2. The number of Topliss-reactive ketones (excluding diaryl/α,β-unsaturated/α-hetero) is 1. The zero-order valence-electron chi connectivity index (χ0n) is 19.6. The van der Waals surface area contributed by atoms with Gasteiger partial charge < -0.3 is 9.30 Å².